The lowest BCUT2D eigenvalue weighted by atomic mass is 10.1. The Balaban J connectivity index is 1.54. The molecule has 1 aliphatic heterocycles. The van der Waals surface area contributed by atoms with Gasteiger partial charge in [0.15, 0.2) is 0 Å². The van der Waals surface area contributed by atoms with Crippen LogP contribution >= 0.6 is 11.3 Å². The monoisotopic (exact) mass is 467 g/mol. The number of amides is 1. The number of carbonyl (C=O) groups is 2. The number of carbonyl (C=O) groups excluding carboxylic acids is 2. The molecule has 9 heteroatoms. The molecule has 1 amide bonds. The van der Waals surface area contributed by atoms with Gasteiger partial charge < -0.3 is 18.9 Å². The molecule has 4 heterocycles. The average Bonchev–Trinajstić information content (AvgIpc) is 3.28. The summed E-state index contributed by atoms with van der Waals surface area (Å²) in [5, 5.41) is 3.67. The fraction of sp³-hybridized carbons (Fsp3) is 0.333. The van der Waals surface area contributed by atoms with Crippen molar-refractivity contribution >= 4 is 23.2 Å². The maximum Gasteiger partial charge on any atom is 0.343 e. The molecule has 0 spiro atoms. The number of esters is 1. The Morgan fingerprint density at radius 1 is 1.15 bits per heavy atom. The summed E-state index contributed by atoms with van der Waals surface area (Å²) in [4.78, 5) is 44.1. The number of hydrogen-bond donors (Lipinski definition) is 0. The molecule has 3 aromatic rings. The highest BCUT2D eigenvalue weighted by Gasteiger charge is 2.27. The van der Waals surface area contributed by atoms with Gasteiger partial charge in [0, 0.05) is 55.6 Å². The molecule has 33 heavy (non-hydrogen) atoms. The Labute approximate surface area is 195 Å². The number of hydrogen-bond acceptors (Lipinski definition) is 7. The molecule has 0 bridgehead atoms. The SMILES string of the molecule is COC(=O)c1c(OCCCc2ccncc2)cc(=O)n2c1CCN(C(=O)c1ccsc1)CC2. The van der Waals surface area contributed by atoms with E-state index in [2.05, 4.69) is 4.98 Å². The lowest BCUT2D eigenvalue weighted by molar-refractivity contribution is 0.0593. The van der Waals surface area contributed by atoms with Gasteiger partial charge in [-0.3, -0.25) is 14.6 Å². The Morgan fingerprint density at radius 3 is 2.70 bits per heavy atom. The smallest absolute Gasteiger partial charge is 0.343 e. The van der Waals surface area contributed by atoms with Crippen molar-refractivity contribution in [2.24, 2.45) is 0 Å². The summed E-state index contributed by atoms with van der Waals surface area (Å²) < 4.78 is 12.5. The average molecular weight is 468 g/mol. The molecule has 4 rings (SSSR count). The number of methoxy groups -OCH3 is 1. The highest BCUT2D eigenvalue weighted by Crippen LogP contribution is 2.25. The van der Waals surface area contributed by atoms with Crippen molar-refractivity contribution in [3.05, 3.63) is 80.2 Å². The third-order valence-electron chi connectivity index (χ3n) is 5.66. The first-order chi connectivity index (χ1) is 16.1. The van der Waals surface area contributed by atoms with E-state index in [0.29, 0.717) is 50.3 Å². The van der Waals surface area contributed by atoms with Crippen molar-refractivity contribution in [3.63, 3.8) is 0 Å². The summed E-state index contributed by atoms with van der Waals surface area (Å²) in [6.45, 7) is 1.42. The summed E-state index contributed by atoms with van der Waals surface area (Å²) in [5.74, 6) is -0.407. The Morgan fingerprint density at radius 2 is 1.97 bits per heavy atom. The largest absolute Gasteiger partial charge is 0.492 e. The van der Waals surface area contributed by atoms with Crippen molar-refractivity contribution in [1.29, 1.82) is 0 Å². The lowest BCUT2D eigenvalue weighted by Gasteiger charge is -2.19. The zero-order valence-electron chi connectivity index (χ0n) is 18.4. The standard InChI is InChI=1S/C24H25N3O5S/c1-31-24(30)22-19-6-10-26(23(29)18-7-14-33-16-18)11-12-27(19)21(28)15-20(22)32-13-2-3-17-4-8-25-9-5-17/h4-5,7-9,14-16H,2-3,6,10-13H2,1H3. The van der Waals surface area contributed by atoms with Gasteiger partial charge in [-0.05, 0) is 42.0 Å². The maximum atomic E-state index is 12.9. The highest BCUT2D eigenvalue weighted by molar-refractivity contribution is 7.08. The Bertz CT molecular complexity index is 1170. The van der Waals surface area contributed by atoms with Gasteiger partial charge in [0.05, 0.1) is 19.3 Å². The van der Waals surface area contributed by atoms with Crippen molar-refractivity contribution in [2.45, 2.75) is 25.8 Å². The van der Waals surface area contributed by atoms with E-state index in [1.54, 1.807) is 27.9 Å². The first-order valence-electron chi connectivity index (χ1n) is 10.8. The summed E-state index contributed by atoms with van der Waals surface area (Å²) in [6.07, 6.45) is 5.34. The Hall–Kier alpha value is -3.46. The Kier molecular flexibility index (Phi) is 7.19. The van der Waals surface area contributed by atoms with E-state index in [1.807, 2.05) is 22.9 Å². The van der Waals surface area contributed by atoms with Gasteiger partial charge in [-0.2, -0.15) is 11.3 Å². The van der Waals surface area contributed by atoms with Crippen molar-refractivity contribution in [3.8, 4) is 5.75 Å². The van der Waals surface area contributed by atoms with Gasteiger partial charge in [-0.1, -0.05) is 0 Å². The minimum absolute atomic E-state index is 0.0793. The molecule has 0 fully saturated rings. The topological polar surface area (TPSA) is 90.7 Å². The number of ether oxygens (including phenoxy) is 2. The van der Waals surface area contributed by atoms with Gasteiger partial charge >= 0.3 is 5.97 Å². The van der Waals surface area contributed by atoms with E-state index in [1.165, 1.54) is 24.5 Å². The fourth-order valence-electron chi connectivity index (χ4n) is 3.96. The minimum Gasteiger partial charge on any atom is -0.492 e. The van der Waals surface area contributed by atoms with Crippen molar-refractivity contribution in [2.75, 3.05) is 26.8 Å². The molecule has 0 saturated carbocycles. The molecule has 0 atom stereocenters. The second-order valence-corrected chi connectivity index (χ2v) is 8.45. The summed E-state index contributed by atoms with van der Waals surface area (Å²) in [7, 11) is 1.31. The van der Waals surface area contributed by atoms with E-state index in [4.69, 9.17) is 9.47 Å². The van der Waals surface area contributed by atoms with Crippen LogP contribution < -0.4 is 10.3 Å². The lowest BCUT2D eigenvalue weighted by Crippen LogP contribution is -2.34. The van der Waals surface area contributed by atoms with E-state index in [9.17, 15) is 14.4 Å². The van der Waals surface area contributed by atoms with Crippen molar-refractivity contribution < 1.29 is 19.1 Å². The zero-order valence-corrected chi connectivity index (χ0v) is 19.2. The summed E-state index contributed by atoms with van der Waals surface area (Å²) in [5.41, 5.74) is 2.31. The number of aromatic nitrogens is 2. The predicted molar refractivity (Wildman–Crippen MR) is 124 cm³/mol. The molecule has 3 aromatic heterocycles. The van der Waals surface area contributed by atoms with Crippen LogP contribution in [0.5, 0.6) is 5.75 Å². The number of thiophene rings is 1. The van der Waals surface area contributed by atoms with Gasteiger partial charge in [-0.15, -0.1) is 0 Å². The van der Waals surface area contributed by atoms with E-state index >= 15 is 0 Å². The van der Waals surface area contributed by atoms with Crippen LogP contribution in [0.2, 0.25) is 0 Å². The van der Waals surface area contributed by atoms with E-state index in [-0.39, 0.29) is 22.8 Å². The molecule has 0 N–H and O–H groups in total. The van der Waals surface area contributed by atoms with Gasteiger partial charge in [0.1, 0.15) is 11.3 Å². The molecule has 0 radical (unpaired) electrons. The van der Waals surface area contributed by atoms with Crippen LogP contribution in [0.1, 0.15) is 38.4 Å². The third-order valence-corrected chi connectivity index (χ3v) is 6.34. The summed E-state index contributed by atoms with van der Waals surface area (Å²) in [6, 6.07) is 7.02. The normalized spacial score (nSPS) is 13.2. The zero-order chi connectivity index (χ0) is 23.2. The molecule has 0 aliphatic carbocycles. The number of nitrogens with zero attached hydrogens (tertiary/aromatic N) is 3. The molecule has 172 valence electrons. The van der Waals surface area contributed by atoms with Gasteiger partial charge in [0.2, 0.25) is 0 Å². The highest BCUT2D eigenvalue weighted by atomic mass is 32.1. The number of aryl methyl sites for hydroxylation is 1. The number of pyridine rings is 2. The number of fused-ring (bicyclic) bond motifs is 1. The van der Waals surface area contributed by atoms with Crippen LogP contribution in [0.4, 0.5) is 0 Å². The third kappa shape index (κ3) is 5.14. The van der Waals surface area contributed by atoms with Crippen LogP contribution in [0.15, 0.2) is 52.2 Å². The van der Waals surface area contributed by atoms with Crippen LogP contribution in [0, 0.1) is 0 Å². The molecular weight excluding hydrogens is 442 g/mol. The maximum absolute atomic E-state index is 12.9. The van der Waals surface area contributed by atoms with Crippen LogP contribution in [0.25, 0.3) is 0 Å². The second-order valence-electron chi connectivity index (χ2n) is 7.67. The first-order valence-corrected chi connectivity index (χ1v) is 11.7. The van der Waals surface area contributed by atoms with Gasteiger partial charge in [0.25, 0.3) is 11.5 Å². The molecule has 1 aliphatic rings. The van der Waals surface area contributed by atoms with Crippen molar-refractivity contribution in [1.82, 2.24) is 14.5 Å². The van der Waals surface area contributed by atoms with Gasteiger partial charge in [-0.25, -0.2) is 4.79 Å². The quantitative estimate of drug-likeness (QED) is 0.392. The van der Waals surface area contributed by atoms with E-state index < -0.39 is 5.97 Å². The molecular formula is C24H25N3O5S. The molecule has 0 aromatic carbocycles. The molecule has 8 nitrogen and oxygen atoms in total. The molecule has 0 unspecified atom stereocenters. The summed E-state index contributed by atoms with van der Waals surface area (Å²) >= 11 is 1.46. The van der Waals surface area contributed by atoms with Crippen LogP contribution in [-0.4, -0.2) is 53.1 Å². The first kappa shape index (κ1) is 22.7. The molecule has 0 saturated heterocycles. The second kappa shape index (κ2) is 10.4. The minimum atomic E-state index is -0.555. The van der Waals surface area contributed by atoms with E-state index in [0.717, 1.165) is 12.0 Å². The van der Waals surface area contributed by atoms with Crippen LogP contribution in [0.3, 0.4) is 0 Å². The van der Waals surface area contributed by atoms with Crippen LogP contribution in [-0.2, 0) is 24.1 Å². The number of rotatable bonds is 7. The fourth-order valence-corrected chi connectivity index (χ4v) is 4.59. The predicted octanol–water partition coefficient (Wildman–Crippen LogP) is 2.80.